The number of ketones is 1. The van der Waals surface area contributed by atoms with E-state index in [9.17, 15) is 28.7 Å². The largest absolute Gasteiger partial charge is 0.480 e. The summed E-state index contributed by atoms with van der Waals surface area (Å²) in [6.07, 6.45) is 0.0402. The summed E-state index contributed by atoms with van der Waals surface area (Å²) in [6.45, 7) is 1.25. The summed E-state index contributed by atoms with van der Waals surface area (Å²) >= 11 is 0. The molecule has 0 fully saturated rings. The smallest absolute Gasteiger partial charge is 0.326 e. The van der Waals surface area contributed by atoms with E-state index < -0.39 is 35.7 Å². The molecule has 0 aliphatic heterocycles. The molecule has 0 aliphatic rings. The van der Waals surface area contributed by atoms with Gasteiger partial charge in [0.05, 0.1) is 0 Å². The molecular formula is C27H25FN2O5. The van der Waals surface area contributed by atoms with E-state index in [4.69, 9.17) is 0 Å². The first kappa shape index (κ1) is 25.3. The lowest BCUT2D eigenvalue weighted by atomic mass is 9.99. The Morgan fingerprint density at radius 3 is 1.80 bits per heavy atom. The third-order valence-corrected chi connectivity index (χ3v) is 5.35. The second kappa shape index (κ2) is 11.7. The van der Waals surface area contributed by atoms with Gasteiger partial charge < -0.3 is 15.7 Å². The molecule has 0 heterocycles. The van der Waals surface area contributed by atoms with Crippen molar-refractivity contribution < 1.29 is 28.7 Å². The number of halogens is 1. The number of carboxylic acids is 1. The van der Waals surface area contributed by atoms with Gasteiger partial charge in [-0.2, -0.15) is 0 Å². The van der Waals surface area contributed by atoms with Crippen molar-refractivity contribution in [2.45, 2.75) is 31.8 Å². The Kier molecular flexibility index (Phi) is 8.45. The van der Waals surface area contributed by atoms with Gasteiger partial charge in [0, 0.05) is 30.9 Å². The van der Waals surface area contributed by atoms with E-state index in [1.54, 1.807) is 48.5 Å². The first-order valence-electron chi connectivity index (χ1n) is 11.0. The number of hydrogen-bond acceptors (Lipinski definition) is 4. The fourth-order valence-corrected chi connectivity index (χ4v) is 3.57. The van der Waals surface area contributed by atoms with Crippen LogP contribution < -0.4 is 10.6 Å². The van der Waals surface area contributed by atoms with E-state index >= 15 is 0 Å². The molecule has 35 heavy (non-hydrogen) atoms. The minimum absolute atomic E-state index is 0.0236. The van der Waals surface area contributed by atoms with Gasteiger partial charge in [0.15, 0.2) is 5.78 Å². The van der Waals surface area contributed by atoms with Crippen molar-refractivity contribution in [3.05, 3.63) is 107 Å². The van der Waals surface area contributed by atoms with Gasteiger partial charge in [-0.1, -0.05) is 66.7 Å². The van der Waals surface area contributed by atoms with Crippen molar-refractivity contribution in [3.8, 4) is 0 Å². The van der Waals surface area contributed by atoms with Crippen LogP contribution in [0.4, 0.5) is 4.39 Å². The van der Waals surface area contributed by atoms with Crippen LogP contribution in [0.3, 0.4) is 0 Å². The standard InChI is InChI=1S/C27H25FN2O5/c1-17(31)29-23(15-19-9-13-22(28)14-10-19)26(33)30-24(27(34)35)16-18-7-11-21(12-8-18)25(32)20-5-3-2-4-6-20/h2-14,23-24H,15-16H2,1H3,(H,29,31)(H,30,33)(H,34,35)/t23-,24-/m1/s1. The van der Waals surface area contributed by atoms with Crippen molar-refractivity contribution in [2.24, 2.45) is 0 Å². The lowest BCUT2D eigenvalue weighted by Crippen LogP contribution is -2.52. The highest BCUT2D eigenvalue weighted by atomic mass is 19.1. The number of amides is 2. The first-order valence-corrected chi connectivity index (χ1v) is 11.0. The van der Waals surface area contributed by atoms with Gasteiger partial charge in [0.2, 0.25) is 11.8 Å². The number of rotatable bonds is 10. The number of carbonyl (C=O) groups excluding carboxylic acids is 3. The van der Waals surface area contributed by atoms with E-state index in [0.717, 1.165) is 0 Å². The summed E-state index contributed by atoms with van der Waals surface area (Å²) < 4.78 is 13.2. The molecule has 0 spiro atoms. The fourth-order valence-electron chi connectivity index (χ4n) is 3.57. The Morgan fingerprint density at radius 2 is 1.26 bits per heavy atom. The zero-order valence-electron chi connectivity index (χ0n) is 19.0. The van der Waals surface area contributed by atoms with Crippen LogP contribution in [-0.2, 0) is 27.2 Å². The normalized spacial score (nSPS) is 12.3. The topological polar surface area (TPSA) is 113 Å². The second-order valence-electron chi connectivity index (χ2n) is 8.08. The van der Waals surface area contributed by atoms with Crippen molar-refractivity contribution in [1.82, 2.24) is 10.6 Å². The van der Waals surface area contributed by atoms with Crippen molar-refractivity contribution in [2.75, 3.05) is 0 Å². The molecule has 0 saturated heterocycles. The molecule has 7 nitrogen and oxygen atoms in total. The van der Waals surface area contributed by atoms with Crippen LogP contribution in [0, 0.1) is 5.82 Å². The van der Waals surface area contributed by atoms with Crippen molar-refractivity contribution in [1.29, 1.82) is 0 Å². The number of benzene rings is 3. The number of aliphatic carboxylic acids is 1. The Labute approximate surface area is 202 Å². The van der Waals surface area contributed by atoms with E-state index in [0.29, 0.717) is 22.3 Å². The molecule has 0 bridgehead atoms. The van der Waals surface area contributed by atoms with Gasteiger partial charge in [-0.05, 0) is 23.3 Å². The molecule has 0 saturated carbocycles. The number of carboxylic acid groups (broad SMARTS) is 1. The molecule has 3 rings (SSSR count). The summed E-state index contributed by atoms with van der Waals surface area (Å²) in [7, 11) is 0. The van der Waals surface area contributed by atoms with Crippen LogP contribution in [0.5, 0.6) is 0 Å². The summed E-state index contributed by atoms with van der Waals surface area (Å²) in [5.74, 6) is -2.97. The van der Waals surface area contributed by atoms with Crippen LogP contribution in [0.1, 0.15) is 34.0 Å². The summed E-state index contributed by atoms with van der Waals surface area (Å²) in [4.78, 5) is 48.9. The average Bonchev–Trinajstić information content (AvgIpc) is 2.84. The predicted octanol–water partition coefficient (Wildman–Crippen LogP) is 2.92. The van der Waals surface area contributed by atoms with Gasteiger partial charge in [-0.3, -0.25) is 14.4 Å². The molecule has 0 unspecified atom stereocenters. The minimum atomic E-state index is -1.26. The maximum Gasteiger partial charge on any atom is 0.326 e. The van der Waals surface area contributed by atoms with Crippen LogP contribution in [-0.4, -0.2) is 40.8 Å². The SMILES string of the molecule is CC(=O)N[C@H](Cc1ccc(F)cc1)C(=O)N[C@H](Cc1ccc(C(=O)c2ccccc2)cc1)C(=O)O. The highest BCUT2D eigenvalue weighted by Crippen LogP contribution is 2.13. The third-order valence-electron chi connectivity index (χ3n) is 5.35. The van der Waals surface area contributed by atoms with E-state index in [1.807, 2.05) is 6.07 Å². The second-order valence-corrected chi connectivity index (χ2v) is 8.08. The Bertz CT molecular complexity index is 1190. The molecule has 8 heteroatoms. The summed E-state index contributed by atoms with van der Waals surface area (Å²) in [5.41, 5.74) is 2.21. The molecule has 180 valence electrons. The molecule has 3 N–H and O–H groups in total. The average molecular weight is 477 g/mol. The lowest BCUT2D eigenvalue weighted by molar-refractivity contribution is -0.142. The number of hydrogen-bond donors (Lipinski definition) is 3. The molecule has 0 aliphatic carbocycles. The highest BCUT2D eigenvalue weighted by molar-refractivity contribution is 6.08. The molecular weight excluding hydrogens is 451 g/mol. The van der Waals surface area contributed by atoms with Gasteiger partial charge in [0.25, 0.3) is 0 Å². The quantitative estimate of drug-likeness (QED) is 0.390. The van der Waals surface area contributed by atoms with Crippen molar-refractivity contribution >= 4 is 23.6 Å². The van der Waals surface area contributed by atoms with Crippen molar-refractivity contribution in [3.63, 3.8) is 0 Å². The molecule has 2 atom stereocenters. The Balaban J connectivity index is 1.69. The third kappa shape index (κ3) is 7.33. The van der Waals surface area contributed by atoms with E-state index in [1.165, 1.54) is 31.2 Å². The lowest BCUT2D eigenvalue weighted by Gasteiger charge is -2.21. The Morgan fingerprint density at radius 1 is 0.743 bits per heavy atom. The zero-order valence-corrected chi connectivity index (χ0v) is 19.0. The van der Waals surface area contributed by atoms with Gasteiger partial charge in [-0.25, -0.2) is 9.18 Å². The number of nitrogens with one attached hydrogen (secondary N) is 2. The van der Waals surface area contributed by atoms with Gasteiger partial charge >= 0.3 is 5.97 Å². The Hall–Kier alpha value is -4.33. The van der Waals surface area contributed by atoms with Crippen LogP contribution in [0.25, 0.3) is 0 Å². The summed E-state index contributed by atoms with van der Waals surface area (Å²) in [6, 6.07) is 18.4. The monoisotopic (exact) mass is 476 g/mol. The first-order chi connectivity index (χ1) is 16.7. The van der Waals surface area contributed by atoms with Gasteiger partial charge in [-0.15, -0.1) is 0 Å². The van der Waals surface area contributed by atoms with Gasteiger partial charge in [0.1, 0.15) is 17.9 Å². The van der Waals surface area contributed by atoms with Crippen LogP contribution in [0.2, 0.25) is 0 Å². The maximum atomic E-state index is 13.2. The number of carbonyl (C=O) groups is 4. The molecule has 2 amide bonds. The fraction of sp³-hybridized carbons (Fsp3) is 0.185. The molecule has 3 aromatic rings. The minimum Gasteiger partial charge on any atom is -0.480 e. The predicted molar refractivity (Wildman–Crippen MR) is 127 cm³/mol. The van der Waals surface area contributed by atoms with E-state index in [-0.39, 0.29) is 18.6 Å². The molecule has 3 aromatic carbocycles. The zero-order chi connectivity index (χ0) is 25.4. The summed E-state index contributed by atoms with van der Waals surface area (Å²) in [5, 5.41) is 14.6. The van der Waals surface area contributed by atoms with Crippen LogP contribution >= 0.6 is 0 Å². The van der Waals surface area contributed by atoms with E-state index in [2.05, 4.69) is 10.6 Å². The highest BCUT2D eigenvalue weighted by Gasteiger charge is 2.26. The van der Waals surface area contributed by atoms with Crippen LogP contribution in [0.15, 0.2) is 78.9 Å². The maximum absolute atomic E-state index is 13.2. The molecule has 0 aromatic heterocycles. The molecule has 0 radical (unpaired) electrons.